The first-order valence-electron chi connectivity index (χ1n) is 11.0. The number of guanidine groups is 1. The van der Waals surface area contributed by atoms with Crippen LogP contribution in [0.25, 0.3) is 11.0 Å². The van der Waals surface area contributed by atoms with Crippen LogP contribution in [0.4, 0.5) is 5.69 Å². The summed E-state index contributed by atoms with van der Waals surface area (Å²) in [7, 11) is 0. The van der Waals surface area contributed by atoms with Gasteiger partial charge in [0.05, 0.1) is 13.1 Å². The number of furan rings is 1. The maximum absolute atomic E-state index is 12.2. The standard InChI is InChI=1S/C25H28N6O2/c1-3-26-25(28-16-23-18(2)21-10-4-5-11-22(21)33-23)27-15-19-8-6-9-20(14-19)30-24(32)17-31-13-7-12-29-31/h4-14H,3,15-17H2,1-2H3,(H,30,32)(H2,26,27,28). The zero-order chi connectivity index (χ0) is 23.0. The molecule has 2 aromatic carbocycles. The van der Waals surface area contributed by atoms with Gasteiger partial charge in [0, 0.05) is 35.6 Å². The second kappa shape index (κ2) is 10.5. The molecule has 0 fully saturated rings. The van der Waals surface area contributed by atoms with Gasteiger partial charge in [-0.15, -0.1) is 0 Å². The van der Waals surface area contributed by atoms with Gasteiger partial charge in [0.2, 0.25) is 5.91 Å². The van der Waals surface area contributed by atoms with E-state index in [-0.39, 0.29) is 12.5 Å². The molecule has 0 aliphatic heterocycles. The number of rotatable bonds is 8. The monoisotopic (exact) mass is 444 g/mol. The number of aliphatic imine (C=N–C) groups is 1. The molecule has 0 saturated heterocycles. The molecule has 3 N–H and O–H groups in total. The molecule has 0 aliphatic carbocycles. The minimum Gasteiger partial charge on any atom is -0.459 e. The number of nitrogens with one attached hydrogen (secondary N) is 3. The SMILES string of the molecule is CCNC(=NCc1cccc(NC(=O)Cn2cccn2)c1)NCc1oc2ccccc2c1C. The van der Waals surface area contributed by atoms with E-state index in [0.717, 1.165) is 40.1 Å². The normalized spacial score (nSPS) is 11.5. The van der Waals surface area contributed by atoms with Gasteiger partial charge in [0.15, 0.2) is 5.96 Å². The maximum atomic E-state index is 12.2. The Morgan fingerprint density at radius 1 is 1.12 bits per heavy atom. The van der Waals surface area contributed by atoms with E-state index in [9.17, 15) is 4.79 Å². The van der Waals surface area contributed by atoms with E-state index < -0.39 is 0 Å². The summed E-state index contributed by atoms with van der Waals surface area (Å²) >= 11 is 0. The van der Waals surface area contributed by atoms with Gasteiger partial charge in [-0.1, -0.05) is 30.3 Å². The first-order chi connectivity index (χ1) is 16.1. The number of hydrogen-bond donors (Lipinski definition) is 3. The molecule has 170 valence electrons. The fourth-order valence-electron chi connectivity index (χ4n) is 3.56. The zero-order valence-corrected chi connectivity index (χ0v) is 18.8. The Hall–Kier alpha value is -4.07. The second-order valence-electron chi connectivity index (χ2n) is 7.65. The number of carbonyl (C=O) groups excluding carboxylic acids is 1. The molecule has 0 atom stereocenters. The van der Waals surface area contributed by atoms with Crippen molar-refractivity contribution in [1.82, 2.24) is 20.4 Å². The summed E-state index contributed by atoms with van der Waals surface area (Å²) in [4.78, 5) is 16.9. The highest BCUT2D eigenvalue weighted by molar-refractivity contribution is 5.90. The van der Waals surface area contributed by atoms with E-state index in [0.29, 0.717) is 19.0 Å². The van der Waals surface area contributed by atoms with Gasteiger partial charge in [-0.25, -0.2) is 4.99 Å². The van der Waals surface area contributed by atoms with E-state index in [1.54, 1.807) is 23.1 Å². The summed E-state index contributed by atoms with van der Waals surface area (Å²) in [6, 6.07) is 17.5. The molecule has 8 heteroatoms. The van der Waals surface area contributed by atoms with Gasteiger partial charge in [-0.3, -0.25) is 9.48 Å². The highest BCUT2D eigenvalue weighted by Gasteiger charge is 2.10. The molecule has 2 aromatic heterocycles. The van der Waals surface area contributed by atoms with Crippen LogP contribution in [0.5, 0.6) is 0 Å². The highest BCUT2D eigenvalue weighted by Crippen LogP contribution is 2.24. The van der Waals surface area contributed by atoms with Crippen LogP contribution in [-0.2, 0) is 24.4 Å². The molecule has 0 unspecified atom stereocenters. The topological polar surface area (TPSA) is 96.5 Å². The Morgan fingerprint density at radius 3 is 2.79 bits per heavy atom. The molecule has 0 aliphatic rings. The number of aromatic nitrogens is 2. The molecule has 1 amide bonds. The van der Waals surface area contributed by atoms with E-state index in [2.05, 4.69) is 39.0 Å². The molecule has 8 nitrogen and oxygen atoms in total. The molecule has 0 saturated carbocycles. The van der Waals surface area contributed by atoms with Crippen molar-refractivity contribution in [3.63, 3.8) is 0 Å². The lowest BCUT2D eigenvalue weighted by atomic mass is 10.1. The lowest BCUT2D eigenvalue weighted by molar-refractivity contribution is -0.116. The van der Waals surface area contributed by atoms with Gasteiger partial charge in [-0.2, -0.15) is 5.10 Å². The number of anilines is 1. The van der Waals surface area contributed by atoms with Crippen LogP contribution in [0.15, 0.2) is 76.4 Å². The number of amides is 1. The summed E-state index contributed by atoms with van der Waals surface area (Å²) in [6.07, 6.45) is 3.41. The third-order valence-electron chi connectivity index (χ3n) is 5.20. The Bertz CT molecular complexity index is 1240. The number of carbonyl (C=O) groups is 1. The smallest absolute Gasteiger partial charge is 0.246 e. The first kappa shape index (κ1) is 22.1. The van der Waals surface area contributed by atoms with Gasteiger partial charge < -0.3 is 20.4 Å². The summed E-state index contributed by atoms with van der Waals surface area (Å²) < 4.78 is 7.57. The van der Waals surface area contributed by atoms with Crippen LogP contribution in [0.2, 0.25) is 0 Å². The van der Waals surface area contributed by atoms with E-state index in [1.807, 2.05) is 49.4 Å². The van der Waals surface area contributed by atoms with E-state index >= 15 is 0 Å². The minimum atomic E-state index is -0.129. The molecule has 4 rings (SSSR count). The number of fused-ring (bicyclic) bond motifs is 1. The summed E-state index contributed by atoms with van der Waals surface area (Å²) in [5.74, 6) is 1.46. The van der Waals surface area contributed by atoms with E-state index in [1.165, 1.54) is 0 Å². The van der Waals surface area contributed by atoms with Crippen LogP contribution in [-0.4, -0.2) is 28.2 Å². The van der Waals surface area contributed by atoms with Crippen LogP contribution in [0.1, 0.15) is 23.8 Å². The number of para-hydroxylation sites is 1. The van der Waals surface area contributed by atoms with Crippen molar-refractivity contribution in [2.24, 2.45) is 4.99 Å². The molecule has 4 aromatic rings. The average molecular weight is 445 g/mol. The highest BCUT2D eigenvalue weighted by atomic mass is 16.3. The average Bonchev–Trinajstić information content (AvgIpc) is 3.44. The van der Waals surface area contributed by atoms with Crippen molar-refractivity contribution in [3.8, 4) is 0 Å². The van der Waals surface area contributed by atoms with Crippen LogP contribution in [0.3, 0.4) is 0 Å². The number of nitrogens with zero attached hydrogens (tertiary/aromatic N) is 3. The lowest BCUT2D eigenvalue weighted by Gasteiger charge is -2.11. The van der Waals surface area contributed by atoms with Crippen LogP contribution >= 0.6 is 0 Å². The van der Waals surface area contributed by atoms with Gasteiger partial charge in [0.1, 0.15) is 17.9 Å². The summed E-state index contributed by atoms with van der Waals surface area (Å²) in [5.41, 5.74) is 3.74. The Labute approximate surface area is 192 Å². The van der Waals surface area contributed by atoms with Crippen molar-refractivity contribution in [1.29, 1.82) is 0 Å². The Kier molecular flexibility index (Phi) is 7.04. The third kappa shape index (κ3) is 5.79. The Morgan fingerprint density at radius 2 is 2.00 bits per heavy atom. The van der Waals surface area contributed by atoms with Crippen molar-refractivity contribution in [2.75, 3.05) is 11.9 Å². The van der Waals surface area contributed by atoms with Crippen molar-refractivity contribution in [2.45, 2.75) is 33.5 Å². The predicted octanol–water partition coefficient (Wildman–Crippen LogP) is 3.83. The molecule has 0 radical (unpaired) electrons. The molecule has 0 spiro atoms. The minimum absolute atomic E-state index is 0.129. The quantitative estimate of drug-likeness (QED) is 0.284. The summed E-state index contributed by atoms with van der Waals surface area (Å²) in [6.45, 7) is 6.02. The van der Waals surface area contributed by atoms with Gasteiger partial charge in [-0.05, 0) is 43.7 Å². The van der Waals surface area contributed by atoms with Crippen molar-refractivity contribution < 1.29 is 9.21 Å². The summed E-state index contributed by atoms with van der Waals surface area (Å²) in [5, 5.41) is 14.7. The van der Waals surface area contributed by atoms with Gasteiger partial charge >= 0.3 is 0 Å². The molecular weight excluding hydrogens is 416 g/mol. The molecular formula is C25H28N6O2. The third-order valence-corrected chi connectivity index (χ3v) is 5.20. The largest absolute Gasteiger partial charge is 0.459 e. The van der Waals surface area contributed by atoms with E-state index in [4.69, 9.17) is 4.42 Å². The number of hydrogen-bond acceptors (Lipinski definition) is 4. The zero-order valence-electron chi connectivity index (χ0n) is 18.8. The first-order valence-corrected chi connectivity index (χ1v) is 11.0. The van der Waals surface area contributed by atoms with Gasteiger partial charge in [0.25, 0.3) is 0 Å². The lowest BCUT2D eigenvalue weighted by Crippen LogP contribution is -2.36. The molecule has 0 bridgehead atoms. The van der Waals surface area contributed by atoms with Crippen LogP contribution < -0.4 is 16.0 Å². The fourth-order valence-corrected chi connectivity index (χ4v) is 3.56. The second-order valence-corrected chi connectivity index (χ2v) is 7.65. The number of benzene rings is 2. The van der Waals surface area contributed by atoms with Crippen molar-refractivity contribution in [3.05, 3.63) is 83.9 Å². The van der Waals surface area contributed by atoms with Crippen LogP contribution in [0, 0.1) is 6.92 Å². The predicted molar refractivity (Wildman–Crippen MR) is 130 cm³/mol. The molecule has 33 heavy (non-hydrogen) atoms. The fraction of sp³-hybridized carbons (Fsp3) is 0.240. The molecule has 2 heterocycles. The van der Waals surface area contributed by atoms with Crippen molar-refractivity contribution >= 4 is 28.5 Å². The maximum Gasteiger partial charge on any atom is 0.246 e. The number of aryl methyl sites for hydroxylation is 1. The Balaban J connectivity index is 1.38.